The first-order valence-corrected chi connectivity index (χ1v) is 13.3. The Hall–Kier alpha value is -1.62. The quantitative estimate of drug-likeness (QED) is 0.547. The zero-order chi connectivity index (χ0) is 22.4. The minimum atomic E-state index is 0.400. The van der Waals surface area contributed by atoms with Crippen LogP contribution in [0.5, 0.6) is 0 Å². The number of piperidine rings is 1. The summed E-state index contributed by atoms with van der Waals surface area (Å²) < 4.78 is 0. The third-order valence-corrected chi connectivity index (χ3v) is 8.11. The van der Waals surface area contributed by atoms with Crippen molar-refractivity contribution < 1.29 is 0 Å². The number of hydrogen-bond acceptors (Lipinski definition) is 5. The Morgan fingerprint density at radius 1 is 1.00 bits per heavy atom. The van der Waals surface area contributed by atoms with Gasteiger partial charge < -0.3 is 15.1 Å². The van der Waals surface area contributed by atoms with Crippen molar-refractivity contribution in [3.8, 4) is 0 Å². The number of rotatable bonds is 6. The van der Waals surface area contributed by atoms with Gasteiger partial charge in [0.15, 0.2) is 0 Å². The molecule has 0 spiro atoms. The molecule has 32 heavy (non-hydrogen) atoms. The van der Waals surface area contributed by atoms with E-state index in [0.717, 1.165) is 24.9 Å². The second-order valence-corrected chi connectivity index (χ2v) is 11.0. The van der Waals surface area contributed by atoms with Crippen LogP contribution in [-0.4, -0.2) is 53.6 Å². The Morgan fingerprint density at radius 2 is 1.72 bits per heavy atom. The Kier molecular flexibility index (Phi) is 8.09. The number of allylic oxidation sites excluding steroid dienone is 1. The fourth-order valence-electron chi connectivity index (χ4n) is 6.05. The van der Waals surface area contributed by atoms with Gasteiger partial charge >= 0.3 is 0 Å². The van der Waals surface area contributed by atoms with E-state index >= 15 is 0 Å². The first-order chi connectivity index (χ1) is 15.5. The first-order valence-electron chi connectivity index (χ1n) is 13.3. The van der Waals surface area contributed by atoms with E-state index in [9.17, 15) is 0 Å². The molecule has 1 aromatic heterocycles. The summed E-state index contributed by atoms with van der Waals surface area (Å²) in [6.07, 6.45) is 16.2. The van der Waals surface area contributed by atoms with Crippen LogP contribution in [-0.2, 0) is 0 Å². The van der Waals surface area contributed by atoms with E-state index in [1.165, 1.54) is 90.3 Å². The summed E-state index contributed by atoms with van der Waals surface area (Å²) in [4.78, 5) is 14.6. The Bertz CT molecular complexity index is 755. The molecule has 2 aliphatic heterocycles. The first kappa shape index (κ1) is 23.5. The van der Waals surface area contributed by atoms with Crippen molar-refractivity contribution in [3.05, 3.63) is 23.4 Å². The van der Waals surface area contributed by atoms with E-state index in [1.54, 1.807) is 11.1 Å². The summed E-state index contributed by atoms with van der Waals surface area (Å²) in [5.74, 6) is 1.91. The van der Waals surface area contributed by atoms with Crippen LogP contribution in [0.3, 0.4) is 0 Å². The van der Waals surface area contributed by atoms with E-state index < -0.39 is 0 Å². The highest BCUT2D eigenvalue weighted by Crippen LogP contribution is 2.41. The monoisotopic (exact) mass is 439 g/mol. The third-order valence-electron chi connectivity index (χ3n) is 8.11. The minimum Gasteiger partial charge on any atom is -0.356 e. The molecule has 5 nitrogen and oxygen atoms in total. The van der Waals surface area contributed by atoms with Crippen LogP contribution in [0.4, 0.5) is 11.8 Å². The van der Waals surface area contributed by atoms with E-state index in [4.69, 9.17) is 4.98 Å². The number of aromatic nitrogens is 2. The smallest absolute Gasteiger partial charge is 0.224 e. The van der Waals surface area contributed by atoms with Gasteiger partial charge in [-0.2, -0.15) is 4.98 Å². The fraction of sp³-hybridized carbons (Fsp3) is 0.778. The van der Waals surface area contributed by atoms with Crippen LogP contribution < -0.4 is 10.2 Å². The highest BCUT2D eigenvalue weighted by Gasteiger charge is 2.29. The van der Waals surface area contributed by atoms with Gasteiger partial charge in [0.05, 0.1) is 0 Å². The molecule has 0 atom stereocenters. The van der Waals surface area contributed by atoms with Crippen molar-refractivity contribution >= 4 is 11.8 Å². The fourth-order valence-corrected chi connectivity index (χ4v) is 6.05. The maximum absolute atomic E-state index is 4.89. The lowest BCUT2D eigenvalue weighted by Gasteiger charge is -2.37. The molecular formula is C27H45N5. The van der Waals surface area contributed by atoms with Crippen LogP contribution in [0, 0.1) is 5.41 Å². The molecule has 0 bridgehead atoms. The van der Waals surface area contributed by atoms with E-state index in [1.807, 2.05) is 6.20 Å². The van der Waals surface area contributed by atoms with Crippen molar-refractivity contribution in [2.45, 2.75) is 97.4 Å². The highest BCUT2D eigenvalue weighted by molar-refractivity contribution is 5.43. The molecule has 0 unspecified atom stereocenters. The second-order valence-electron chi connectivity index (χ2n) is 11.0. The van der Waals surface area contributed by atoms with Crippen molar-refractivity contribution in [2.75, 3.05) is 42.9 Å². The zero-order valence-corrected chi connectivity index (χ0v) is 20.8. The number of likely N-dealkylation sites (tertiary alicyclic amines) is 1. The Morgan fingerprint density at radius 3 is 2.44 bits per heavy atom. The normalized spacial score (nSPS) is 23.7. The van der Waals surface area contributed by atoms with Crippen LogP contribution >= 0.6 is 0 Å². The molecule has 3 heterocycles. The molecule has 0 amide bonds. The molecule has 2 saturated heterocycles. The molecular weight excluding hydrogens is 394 g/mol. The van der Waals surface area contributed by atoms with Crippen molar-refractivity contribution in [2.24, 2.45) is 5.41 Å². The van der Waals surface area contributed by atoms with E-state index in [0.29, 0.717) is 11.5 Å². The molecule has 1 N–H and O–H groups in total. The lowest BCUT2D eigenvalue weighted by Crippen LogP contribution is -2.40. The molecule has 1 aromatic rings. The third kappa shape index (κ3) is 6.24. The SMILES string of the molecule is CC1=C(CCN2CCC(Nc3nccc(N4CCCCCCC4)n3)CC2)C(C)(C)CCC1. The Labute approximate surface area is 196 Å². The summed E-state index contributed by atoms with van der Waals surface area (Å²) in [7, 11) is 0. The molecule has 2 fully saturated rings. The standard InChI is InChI=1S/C27H45N5/c1-22-10-9-15-27(2,3)24(22)14-21-31-19-12-23(13-20-31)29-26-28-16-11-25(30-26)32-17-7-5-4-6-8-18-32/h11,16,23H,4-10,12-15,17-21H2,1-3H3,(H,28,29,30). The van der Waals surface area contributed by atoms with Crippen LogP contribution in [0.2, 0.25) is 0 Å². The largest absolute Gasteiger partial charge is 0.356 e. The molecule has 0 aromatic carbocycles. The summed E-state index contributed by atoms with van der Waals surface area (Å²) in [6.45, 7) is 13.1. The van der Waals surface area contributed by atoms with Crippen molar-refractivity contribution in [3.63, 3.8) is 0 Å². The van der Waals surface area contributed by atoms with Gasteiger partial charge in [0.2, 0.25) is 5.95 Å². The zero-order valence-electron chi connectivity index (χ0n) is 20.8. The molecule has 3 aliphatic rings. The van der Waals surface area contributed by atoms with Crippen LogP contribution in [0.15, 0.2) is 23.4 Å². The van der Waals surface area contributed by atoms with E-state index in [2.05, 4.69) is 46.9 Å². The molecule has 5 heteroatoms. The lowest BCUT2D eigenvalue weighted by molar-refractivity contribution is 0.214. The van der Waals surface area contributed by atoms with E-state index in [-0.39, 0.29) is 0 Å². The molecule has 178 valence electrons. The number of anilines is 2. The maximum atomic E-state index is 4.89. The summed E-state index contributed by atoms with van der Waals surface area (Å²) in [5, 5.41) is 3.65. The van der Waals surface area contributed by atoms with Gasteiger partial charge in [-0.25, -0.2) is 4.98 Å². The topological polar surface area (TPSA) is 44.3 Å². The van der Waals surface area contributed by atoms with Crippen molar-refractivity contribution in [1.29, 1.82) is 0 Å². The summed E-state index contributed by atoms with van der Waals surface area (Å²) >= 11 is 0. The van der Waals surface area contributed by atoms with Gasteiger partial charge in [-0.3, -0.25) is 0 Å². The lowest BCUT2D eigenvalue weighted by atomic mass is 9.71. The van der Waals surface area contributed by atoms with Crippen molar-refractivity contribution in [1.82, 2.24) is 14.9 Å². The minimum absolute atomic E-state index is 0.400. The van der Waals surface area contributed by atoms with Crippen LogP contribution in [0.1, 0.15) is 91.4 Å². The van der Waals surface area contributed by atoms with Gasteiger partial charge in [0.25, 0.3) is 0 Å². The van der Waals surface area contributed by atoms with Gasteiger partial charge in [-0.15, -0.1) is 0 Å². The highest BCUT2D eigenvalue weighted by atomic mass is 15.2. The average molecular weight is 440 g/mol. The average Bonchev–Trinajstić information content (AvgIpc) is 2.74. The summed E-state index contributed by atoms with van der Waals surface area (Å²) in [6, 6.07) is 2.57. The Balaban J connectivity index is 1.25. The number of nitrogens with zero attached hydrogens (tertiary/aromatic N) is 4. The predicted molar refractivity (Wildman–Crippen MR) is 135 cm³/mol. The predicted octanol–water partition coefficient (Wildman–Crippen LogP) is 6.04. The molecule has 0 radical (unpaired) electrons. The number of hydrogen-bond donors (Lipinski definition) is 1. The van der Waals surface area contributed by atoms with Gasteiger partial charge in [-0.05, 0) is 69.8 Å². The number of nitrogens with one attached hydrogen (secondary N) is 1. The molecule has 1 aliphatic carbocycles. The van der Waals surface area contributed by atoms with Gasteiger partial charge in [0, 0.05) is 45.0 Å². The molecule has 4 rings (SSSR count). The van der Waals surface area contributed by atoms with Gasteiger partial charge in [-0.1, -0.05) is 44.3 Å². The second kappa shape index (κ2) is 11.0. The molecule has 0 saturated carbocycles. The van der Waals surface area contributed by atoms with Crippen LogP contribution in [0.25, 0.3) is 0 Å². The summed E-state index contributed by atoms with van der Waals surface area (Å²) in [5.41, 5.74) is 3.80. The van der Waals surface area contributed by atoms with Gasteiger partial charge in [0.1, 0.15) is 5.82 Å². The maximum Gasteiger partial charge on any atom is 0.224 e.